The van der Waals surface area contributed by atoms with Crippen molar-refractivity contribution in [3.8, 4) is 5.75 Å². The van der Waals surface area contributed by atoms with E-state index in [-0.39, 0.29) is 6.10 Å². The van der Waals surface area contributed by atoms with Crippen LogP contribution in [0, 0.1) is 12.8 Å². The summed E-state index contributed by atoms with van der Waals surface area (Å²) in [4.78, 5) is 15.6. The highest BCUT2D eigenvalue weighted by Crippen LogP contribution is 2.23. The maximum atomic E-state index is 11.4. The molecule has 0 bridgehead atoms. The predicted molar refractivity (Wildman–Crippen MR) is 123 cm³/mol. The third kappa shape index (κ3) is 7.43. The lowest BCUT2D eigenvalue weighted by atomic mass is 10.1. The van der Waals surface area contributed by atoms with Crippen LogP contribution in [0.25, 0.3) is 0 Å². The summed E-state index contributed by atoms with van der Waals surface area (Å²) in [6.07, 6.45) is 1.16. The van der Waals surface area contributed by atoms with Crippen LogP contribution in [-0.2, 0) is 13.1 Å². The second kappa shape index (κ2) is 11.2. The van der Waals surface area contributed by atoms with Crippen LogP contribution in [0.1, 0.15) is 54.2 Å². The van der Waals surface area contributed by atoms with E-state index in [0.29, 0.717) is 30.5 Å². The van der Waals surface area contributed by atoms with Crippen molar-refractivity contribution < 1.29 is 9.53 Å². The SMILES string of the molecule is CN=C(NCc1cccc(C(N)=O)c1)NCc1ccc(C)cc1OC(C)CC(C)C. The number of ether oxygens (including phenoxy) is 1. The summed E-state index contributed by atoms with van der Waals surface area (Å²) >= 11 is 0. The number of nitrogens with zero attached hydrogens (tertiary/aromatic N) is 1. The molecular formula is C24H34N4O2. The van der Waals surface area contributed by atoms with Gasteiger partial charge in [-0.1, -0.05) is 38.1 Å². The fraction of sp³-hybridized carbons (Fsp3) is 0.417. The molecule has 0 aromatic heterocycles. The minimum Gasteiger partial charge on any atom is -0.490 e. The maximum absolute atomic E-state index is 11.4. The lowest BCUT2D eigenvalue weighted by molar-refractivity contribution is 0.1000. The van der Waals surface area contributed by atoms with Crippen molar-refractivity contribution in [1.29, 1.82) is 0 Å². The van der Waals surface area contributed by atoms with Crippen molar-refractivity contribution >= 4 is 11.9 Å². The summed E-state index contributed by atoms with van der Waals surface area (Å²) in [5.74, 6) is 1.72. The highest BCUT2D eigenvalue weighted by Gasteiger charge is 2.11. The minimum atomic E-state index is -0.432. The molecule has 0 fully saturated rings. The zero-order valence-corrected chi connectivity index (χ0v) is 18.7. The van der Waals surface area contributed by atoms with E-state index in [0.717, 1.165) is 23.3 Å². The van der Waals surface area contributed by atoms with E-state index in [2.05, 4.69) is 61.5 Å². The van der Waals surface area contributed by atoms with E-state index >= 15 is 0 Å². The molecule has 0 saturated heterocycles. The Labute approximate surface area is 179 Å². The monoisotopic (exact) mass is 410 g/mol. The fourth-order valence-electron chi connectivity index (χ4n) is 3.27. The molecule has 6 nitrogen and oxygen atoms in total. The summed E-state index contributed by atoms with van der Waals surface area (Å²) in [6, 6.07) is 13.5. The number of nitrogens with one attached hydrogen (secondary N) is 2. The number of aliphatic imine (C=N–C) groups is 1. The quantitative estimate of drug-likeness (QED) is 0.434. The van der Waals surface area contributed by atoms with Gasteiger partial charge in [-0.2, -0.15) is 0 Å². The zero-order chi connectivity index (χ0) is 22.1. The first kappa shape index (κ1) is 23.3. The van der Waals surface area contributed by atoms with Gasteiger partial charge in [0.25, 0.3) is 0 Å². The van der Waals surface area contributed by atoms with Crippen LogP contribution in [0.5, 0.6) is 5.75 Å². The Hall–Kier alpha value is -3.02. The average Bonchev–Trinajstić information content (AvgIpc) is 2.69. The van der Waals surface area contributed by atoms with Gasteiger partial charge < -0.3 is 21.1 Å². The second-order valence-corrected chi connectivity index (χ2v) is 8.01. The molecule has 0 spiro atoms. The molecule has 0 aliphatic heterocycles. The minimum absolute atomic E-state index is 0.153. The Morgan fingerprint density at radius 1 is 1.10 bits per heavy atom. The number of aryl methyl sites for hydroxylation is 1. The lowest BCUT2D eigenvalue weighted by Crippen LogP contribution is -2.36. The van der Waals surface area contributed by atoms with Gasteiger partial charge in [0.15, 0.2) is 5.96 Å². The smallest absolute Gasteiger partial charge is 0.248 e. The highest BCUT2D eigenvalue weighted by molar-refractivity contribution is 5.92. The molecule has 0 aliphatic carbocycles. The Bertz CT molecular complexity index is 877. The number of amides is 1. The van der Waals surface area contributed by atoms with Gasteiger partial charge in [0.1, 0.15) is 5.75 Å². The molecule has 2 aromatic rings. The molecular weight excluding hydrogens is 376 g/mol. The molecule has 6 heteroatoms. The molecule has 0 radical (unpaired) electrons. The Balaban J connectivity index is 1.99. The Kier molecular flexibility index (Phi) is 8.71. The average molecular weight is 411 g/mol. The van der Waals surface area contributed by atoms with Crippen LogP contribution in [0.15, 0.2) is 47.5 Å². The van der Waals surface area contributed by atoms with Crippen molar-refractivity contribution in [3.05, 3.63) is 64.7 Å². The summed E-state index contributed by atoms with van der Waals surface area (Å²) in [6.45, 7) is 9.70. The molecule has 30 heavy (non-hydrogen) atoms. The van der Waals surface area contributed by atoms with Gasteiger partial charge in [0.2, 0.25) is 5.91 Å². The molecule has 1 atom stereocenters. The van der Waals surface area contributed by atoms with E-state index in [4.69, 9.17) is 10.5 Å². The molecule has 4 N–H and O–H groups in total. The highest BCUT2D eigenvalue weighted by atomic mass is 16.5. The molecule has 1 unspecified atom stereocenters. The summed E-state index contributed by atoms with van der Waals surface area (Å²) in [7, 11) is 1.73. The topological polar surface area (TPSA) is 88.7 Å². The summed E-state index contributed by atoms with van der Waals surface area (Å²) < 4.78 is 6.22. The van der Waals surface area contributed by atoms with Crippen LogP contribution < -0.4 is 21.1 Å². The van der Waals surface area contributed by atoms with Crippen LogP contribution >= 0.6 is 0 Å². The number of nitrogens with two attached hydrogens (primary N) is 1. The van der Waals surface area contributed by atoms with Crippen molar-refractivity contribution in [2.24, 2.45) is 16.6 Å². The van der Waals surface area contributed by atoms with Gasteiger partial charge in [-0.15, -0.1) is 0 Å². The number of carbonyl (C=O) groups is 1. The number of primary amides is 1. The van der Waals surface area contributed by atoms with Crippen molar-refractivity contribution in [2.75, 3.05) is 7.05 Å². The molecule has 1 amide bonds. The summed E-state index contributed by atoms with van der Waals surface area (Å²) in [5.41, 5.74) is 9.05. The van der Waals surface area contributed by atoms with E-state index in [1.165, 1.54) is 5.56 Å². The zero-order valence-electron chi connectivity index (χ0n) is 18.7. The van der Waals surface area contributed by atoms with E-state index in [9.17, 15) is 4.79 Å². The summed E-state index contributed by atoms with van der Waals surface area (Å²) in [5, 5.41) is 6.60. The molecule has 0 aliphatic rings. The standard InChI is InChI=1S/C24H34N4O2/c1-16(2)11-18(4)30-22-12-17(3)9-10-21(22)15-28-24(26-5)27-14-19-7-6-8-20(13-19)23(25)29/h6-10,12-13,16,18H,11,14-15H2,1-5H3,(H2,25,29)(H2,26,27,28). The number of benzene rings is 2. The Morgan fingerprint density at radius 3 is 2.50 bits per heavy atom. The van der Waals surface area contributed by atoms with E-state index < -0.39 is 5.91 Å². The van der Waals surface area contributed by atoms with Gasteiger partial charge in [-0.25, -0.2) is 0 Å². The maximum Gasteiger partial charge on any atom is 0.248 e. The number of hydrogen-bond donors (Lipinski definition) is 3. The molecule has 2 rings (SSSR count). The van der Waals surface area contributed by atoms with Crippen LogP contribution in [0.3, 0.4) is 0 Å². The van der Waals surface area contributed by atoms with Crippen molar-refractivity contribution in [1.82, 2.24) is 10.6 Å². The lowest BCUT2D eigenvalue weighted by Gasteiger charge is -2.20. The third-order valence-electron chi connectivity index (χ3n) is 4.70. The number of rotatable bonds is 9. The normalized spacial score (nSPS) is 12.5. The van der Waals surface area contributed by atoms with Gasteiger partial charge in [0.05, 0.1) is 6.10 Å². The largest absolute Gasteiger partial charge is 0.490 e. The molecule has 162 valence electrons. The van der Waals surface area contributed by atoms with E-state index in [1.54, 1.807) is 19.2 Å². The Morgan fingerprint density at radius 2 is 1.83 bits per heavy atom. The van der Waals surface area contributed by atoms with Crippen molar-refractivity contribution in [2.45, 2.75) is 53.3 Å². The first-order chi connectivity index (χ1) is 14.3. The molecule has 2 aromatic carbocycles. The second-order valence-electron chi connectivity index (χ2n) is 8.01. The first-order valence-corrected chi connectivity index (χ1v) is 10.4. The van der Waals surface area contributed by atoms with Crippen LogP contribution in [0.4, 0.5) is 0 Å². The number of guanidine groups is 1. The van der Waals surface area contributed by atoms with Gasteiger partial charge in [0, 0.05) is 31.3 Å². The van der Waals surface area contributed by atoms with Crippen molar-refractivity contribution in [3.63, 3.8) is 0 Å². The number of hydrogen-bond acceptors (Lipinski definition) is 3. The van der Waals surface area contributed by atoms with E-state index in [1.807, 2.05) is 12.1 Å². The first-order valence-electron chi connectivity index (χ1n) is 10.4. The fourth-order valence-corrected chi connectivity index (χ4v) is 3.27. The van der Waals surface area contributed by atoms with Crippen LogP contribution in [-0.4, -0.2) is 25.0 Å². The number of carbonyl (C=O) groups excluding carboxylic acids is 1. The third-order valence-corrected chi connectivity index (χ3v) is 4.70. The van der Waals surface area contributed by atoms with Crippen LogP contribution in [0.2, 0.25) is 0 Å². The molecule has 0 heterocycles. The van der Waals surface area contributed by atoms with Gasteiger partial charge >= 0.3 is 0 Å². The molecule has 0 saturated carbocycles. The van der Waals surface area contributed by atoms with Gasteiger partial charge in [-0.3, -0.25) is 9.79 Å². The van der Waals surface area contributed by atoms with Gasteiger partial charge in [-0.05, 0) is 55.5 Å². The predicted octanol–water partition coefficient (Wildman–Crippen LogP) is 3.77.